The molecule has 0 bridgehead atoms. The second-order valence-corrected chi connectivity index (χ2v) is 4.25. The van der Waals surface area contributed by atoms with Crippen LogP contribution in [0.15, 0.2) is 18.5 Å². The van der Waals surface area contributed by atoms with Crippen molar-refractivity contribution >= 4 is 28.2 Å². The minimum absolute atomic E-state index is 0.142. The summed E-state index contributed by atoms with van der Waals surface area (Å²) in [6, 6.07) is 1.66. The summed E-state index contributed by atoms with van der Waals surface area (Å²) in [5.41, 5.74) is 0. The molecule has 1 saturated heterocycles. The van der Waals surface area contributed by atoms with Crippen molar-refractivity contribution in [2.24, 2.45) is 0 Å². The number of aromatic nitrogens is 2. The maximum atomic E-state index is 9.73. The lowest BCUT2D eigenvalue weighted by molar-refractivity contribution is 0.479. The van der Waals surface area contributed by atoms with E-state index in [-0.39, 0.29) is 5.75 Å². The first-order valence-electron chi connectivity index (χ1n) is 5.14. The van der Waals surface area contributed by atoms with Gasteiger partial charge in [0.25, 0.3) is 0 Å². The lowest BCUT2D eigenvalue weighted by Gasteiger charge is -2.32. The van der Waals surface area contributed by atoms with Crippen LogP contribution in [0.4, 0.5) is 5.82 Å². The highest BCUT2D eigenvalue weighted by Crippen LogP contribution is 2.33. The number of nitrogens with zero attached hydrogens (tertiary/aromatic N) is 3. The van der Waals surface area contributed by atoms with Crippen molar-refractivity contribution in [3.8, 4) is 5.75 Å². The Morgan fingerprint density at radius 1 is 1.19 bits per heavy atom. The van der Waals surface area contributed by atoms with Gasteiger partial charge < -0.3 is 10.0 Å². The van der Waals surface area contributed by atoms with Crippen LogP contribution in [0.1, 0.15) is 6.42 Å². The summed E-state index contributed by atoms with van der Waals surface area (Å²) in [6.45, 7) is 2.02. The number of aromatic hydroxyl groups is 1. The summed E-state index contributed by atoms with van der Waals surface area (Å²) in [4.78, 5) is 10.5. The molecular weight excluding hydrogens is 226 g/mol. The van der Waals surface area contributed by atoms with Gasteiger partial charge in [0.2, 0.25) is 0 Å². The van der Waals surface area contributed by atoms with Gasteiger partial charge in [-0.3, -0.25) is 0 Å². The lowest BCUT2D eigenvalue weighted by atomic mass is 10.1. The van der Waals surface area contributed by atoms with E-state index in [0.29, 0.717) is 10.5 Å². The zero-order valence-corrected chi connectivity index (χ0v) is 9.28. The summed E-state index contributed by atoms with van der Waals surface area (Å²) in [6.07, 6.45) is 4.31. The first kappa shape index (κ1) is 9.66. The average molecular weight is 236 g/mol. The Bertz CT molecular complexity index is 554. The second kappa shape index (κ2) is 3.49. The molecule has 1 aliphatic rings. The van der Waals surface area contributed by atoms with Crippen LogP contribution in [-0.4, -0.2) is 28.2 Å². The molecule has 0 aromatic carbocycles. The standard InChI is InChI=1S/C11H10ClN3O/c12-10-4-7-8(5-13-10)11(14-6-9(7)16)15-2-1-3-15/h4-6,16H,1-3H2. The fraction of sp³-hybridized carbons (Fsp3) is 0.273. The summed E-state index contributed by atoms with van der Waals surface area (Å²) in [7, 11) is 0. The lowest BCUT2D eigenvalue weighted by Crippen LogP contribution is -2.37. The van der Waals surface area contributed by atoms with Gasteiger partial charge in [0.05, 0.1) is 6.20 Å². The minimum Gasteiger partial charge on any atom is -0.506 e. The van der Waals surface area contributed by atoms with E-state index < -0.39 is 0 Å². The van der Waals surface area contributed by atoms with Crippen LogP contribution in [0.5, 0.6) is 5.75 Å². The first-order chi connectivity index (χ1) is 7.75. The fourth-order valence-corrected chi connectivity index (χ4v) is 2.02. The smallest absolute Gasteiger partial charge is 0.142 e. The zero-order chi connectivity index (χ0) is 11.1. The van der Waals surface area contributed by atoms with E-state index in [4.69, 9.17) is 11.6 Å². The van der Waals surface area contributed by atoms with Gasteiger partial charge in [0, 0.05) is 30.1 Å². The number of pyridine rings is 2. The predicted molar refractivity (Wildman–Crippen MR) is 63.0 cm³/mol. The Labute approximate surface area is 97.5 Å². The van der Waals surface area contributed by atoms with E-state index in [1.165, 1.54) is 12.6 Å². The first-order valence-corrected chi connectivity index (χ1v) is 5.51. The van der Waals surface area contributed by atoms with Crippen molar-refractivity contribution in [2.45, 2.75) is 6.42 Å². The molecule has 0 spiro atoms. The highest BCUT2D eigenvalue weighted by Gasteiger charge is 2.19. The average Bonchev–Trinajstić information content (AvgIpc) is 2.20. The van der Waals surface area contributed by atoms with E-state index >= 15 is 0 Å². The van der Waals surface area contributed by atoms with E-state index in [1.807, 2.05) is 0 Å². The number of anilines is 1. The highest BCUT2D eigenvalue weighted by molar-refractivity contribution is 6.30. The number of rotatable bonds is 1. The number of fused-ring (bicyclic) bond motifs is 1. The quantitative estimate of drug-likeness (QED) is 0.770. The van der Waals surface area contributed by atoms with Gasteiger partial charge in [-0.25, -0.2) is 9.97 Å². The molecule has 0 amide bonds. The van der Waals surface area contributed by atoms with E-state index in [0.717, 1.165) is 24.3 Å². The van der Waals surface area contributed by atoms with E-state index in [9.17, 15) is 5.11 Å². The molecule has 16 heavy (non-hydrogen) atoms. The zero-order valence-electron chi connectivity index (χ0n) is 8.52. The maximum absolute atomic E-state index is 9.73. The molecular formula is C11H10ClN3O. The number of hydrogen-bond donors (Lipinski definition) is 1. The molecule has 3 rings (SSSR count). The molecule has 0 radical (unpaired) electrons. The number of hydrogen-bond acceptors (Lipinski definition) is 4. The Hall–Kier alpha value is -1.55. The summed E-state index contributed by atoms with van der Waals surface area (Å²) < 4.78 is 0. The molecule has 82 valence electrons. The molecule has 2 aromatic heterocycles. The van der Waals surface area contributed by atoms with Crippen LogP contribution in [0.25, 0.3) is 10.8 Å². The van der Waals surface area contributed by atoms with Gasteiger partial charge in [-0.05, 0) is 12.5 Å². The molecule has 1 aliphatic heterocycles. The highest BCUT2D eigenvalue weighted by atomic mass is 35.5. The van der Waals surface area contributed by atoms with Crippen molar-refractivity contribution in [1.82, 2.24) is 9.97 Å². The molecule has 1 N–H and O–H groups in total. The van der Waals surface area contributed by atoms with Crippen molar-refractivity contribution < 1.29 is 5.11 Å². The Morgan fingerprint density at radius 2 is 2.00 bits per heavy atom. The Morgan fingerprint density at radius 3 is 2.69 bits per heavy atom. The van der Waals surface area contributed by atoms with Crippen LogP contribution < -0.4 is 4.90 Å². The molecule has 1 fully saturated rings. The largest absolute Gasteiger partial charge is 0.506 e. The molecule has 2 aromatic rings. The number of halogens is 1. The van der Waals surface area contributed by atoms with Crippen LogP contribution in [0.3, 0.4) is 0 Å². The molecule has 5 heteroatoms. The molecule has 4 nitrogen and oxygen atoms in total. The third-order valence-electron chi connectivity index (χ3n) is 2.85. The predicted octanol–water partition coefficient (Wildman–Crippen LogP) is 2.20. The van der Waals surface area contributed by atoms with Crippen LogP contribution in [0, 0.1) is 0 Å². The third-order valence-corrected chi connectivity index (χ3v) is 3.06. The normalized spacial score (nSPS) is 15.2. The summed E-state index contributed by atoms with van der Waals surface area (Å²) in [5.74, 6) is 1.02. The minimum atomic E-state index is 0.142. The molecule has 0 atom stereocenters. The Balaban J connectivity index is 2.26. The SMILES string of the molecule is Oc1cnc(N2CCC2)c2cnc(Cl)cc12. The summed E-state index contributed by atoms with van der Waals surface area (Å²) in [5, 5.41) is 11.7. The van der Waals surface area contributed by atoms with Gasteiger partial charge in [0.15, 0.2) is 0 Å². The maximum Gasteiger partial charge on any atom is 0.142 e. The third kappa shape index (κ3) is 1.38. The second-order valence-electron chi connectivity index (χ2n) is 3.86. The summed E-state index contributed by atoms with van der Waals surface area (Å²) >= 11 is 5.81. The van der Waals surface area contributed by atoms with Crippen molar-refractivity contribution in [3.63, 3.8) is 0 Å². The monoisotopic (exact) mass is 235 g/mol. The Kier molecular flexibility index (Phi) is 2.11. The van der Waals surface area contributed by atoms with Gasteiger partial charge in [-0.15, -0.1) is 0 Å². The fourth-order valence-electron chi connectivity index (χ4n) is 1.86. The van der Waals surface area contributed by atoms with Crippen molar-refractivity contribution in [1.29, 1.82) is 0 Å². The molecule has 0 aliphatic carbocycles. The van der Waals surface area contributed by atoms with Gasteiger partial charge >= 0.3 is 0 Å². The van der Waals surface area contributed by atoms with Crippen LogP contribution >= 0.6 is 11.6 Å². The topological polar surface area (TPSA) is 49.3 Å². The van der Waals surface area contributed by atoms with E-state index in [2.05, 4.69) is 14.9 Å². The molecule has 0 unspecified atom stereocenters. The van der Waals surface area contributed by atoms with Gasteiger partial charge in [-0.2, -0.15) is 0 Å². The van der Waals surface area contributed by atoms with Crippen LogP contribution in [0.2, 0.25) is 5.15 Å². The van der Waals surface area contributed by atoms with Crippen molar-refractivity contribution in [3.05, 3.63) is 23.6 Å². The van der Waals surface area contributed by atoms with Crippen molar-refractivity contribution in [2.75, 3.05) is 18.0 Å². The van der Waals surface area contributed by atoms with E-state index in [1.54, 1.807) is 12.3 Å². The van der Waals surface area contributed by atoms with Gasteiger partial charge in [0.1, 0.15) is 16.7 Å². The molecule has 0 saturated carbocycles. The van der Waals surface area contributed by atoms with Crippen LogP contribution in [-0.2, 0) is 0 Å². The molecule has 3 heterocycles. The van der Waals surface area contributed by atoms with Gasteiger partial charge in [-0.1, -0.05) is 11.6 Å².